The lowest BCUT2D eigenvalue weighted by Gasteiger charge is -2.39. The number of halogens is 1. The number of carbonyl (C=O) groups excluding carboxylic acids is 1. The Kier molecular flexibility index (Phi) is 5.45. The van der Waals surface area contributed by atoms with E-state index in [1.807, 2.05) is 0 Å². The molecule has 0 aliphatic heterocycles. The lowest BCUT2D eigenvalue weighted by molar-refractivity contribution is -0.140. The van der Waals surface area contributed by atoms with Gasteiger partial charge in [-0.1, -0.05) is 29.8 Å². The quantitative estimate of drug-likeness (QED) is 0.591. The van der Waals surface area contributed by atoms with E-state index in [4.69, 9.17) is 4.74 Å². The van der Waals surface area contributed by atoms with Crippen molar-refractivity contribution in [3.05, 3.63) is 0 Å². The zero-order valence-electron chi connectivity index (χ0n) is 11.3. The van der Waals surface area contributed by atoms with Crippen LogP contribution in [0.2, 0.25) is 0 Å². The highest BCUT2D eigenvalue weighted by molar-refractivity contribution is 9.10. The van der Waals surface area contributed by atoms with Gasteiger partial charge in [0.25, 0.3) is 0 Å². The molecule has 0 N–H and O–H groups in total. The van der Waals surface area contributed by atoms with Crippen molar-refractivity contribution in [3.8, 4) is 0 Å². The second kappa shape index (κ2) is 6.19. The van der Waals surface area contributed by atoms with E-state index >= 15 is 0 Å². The summed E-state index contributed by atoms with van der Waals surface area (Å²) in [5.41, 5.74) is 0.494. The maximum atomic E-state index is 11.3. The fourth-order valence-corrected chi connectivity index (χ4v) is 3.07. The predicted molar refractivity (Wildman–Crippen MR) is 73.4 cm³/mol. The van der Waals surface area contributed by atoms with Gasteiger partial charge in [-0.05, 0) is 38.1 Å². The van der Waals surface area contributed by atoms with Crippen LogP contribution in [-0.2, 0) is 9.53 Å². The second-order valence-electron chi connectivity index (χ2n) is 5.83. The number of nitrogens with zero attached hydrogens (tertiary/aromatic N) is 1. The number of carbonyl (C=O) groups is 1. The summed E-state index contributed by atoms with van der Waals surface area (Å²) in [5.74, 6) is -0.187. The average Bonchev–Trinajstić information content (AvgIpc) is 2.27. The highest BCUT2D eigenvalue weighted by Gasteiger charge is 2.30. The molecule has 1 saturated carbocycles. The van der Waals surface area contributed by atoms with E-state index in [1.165, 1.54) is 32.8 Å². The van der Waals surface area contributed by atoms with Crippen LogP contribution in [0.25, 0.3) is 0 Å². The Bertz CT molecular complexity index is 258. The first-order valence-corrected chi connectivity index (χ1v) is 7.19. The maximum absolute atomic E-state index is 11.3. The van der Waals surface area contributed by atoms with Gasteiger partial charge < -0.3 is 9.64 Å². The minimum atomic E-state index is -0.215. The Morgan fingerprint density at radius 1 is 1.47 bits per heavy atom. The van der Waals surface area contributed by atoms with Gasteiger partial charge in [0.15, 0.2) is 0 Å². The third kappa shape index (κ3) is 4.59. The van der Waals surface area contributed by atoms with Crippen molar-refractivity contribution in [3.63, 3.8) is 0 Å². The van der Waals surface area contributed by atoms with Crippen molar-refractivity contribution in [2.45, 2.75) is 50.4 Å². The summed E-state index contributed by atoms with van der Waals surface area (Å²) >= 11 is 3.38. The third-order valence-corrected chi connectivity index (χ3v) is 4.50. The van der Waals surface area contributed by atoms with E-state index in [0.29, 0.717) is 11.5 Å². The van der Waals surface area contributed by atoms with Gasteiger partial charge in [0, 0.05) is 12.6 Å². The van der Waals surface area contributed by atoms with E-state index in [9.17, 15) is 4.79 Å². The van der Waals surface area contributed by atoms with E-state index in [1.54, 1.807) is 0 Å². The molecule has 1 fully saturated rings. The first-order chi connectivity index (χ1) is 7.85. The molecule has 4 heteroatoms. The van der Waals surface area contributed by atoms with Crippen LogP contribution < -0.4 is 0 Å². The Morgan fingerprint density at radius 3 is 2.47 bits per heavy atom. The summed E-state index contributed by atoms with van der Waals surface area (Å²) in [5, 5.41) is 0. The maximum Gasteiger partial charge on any atom is 0.320 e. The van der Waals surface area contributed by atoms with Gasteiger partial charge in [0.2, 0.25) is 0 Å². The lowest BCUT2D eigenvalue weighted by atomic mass is 9.75. The molecule has 0 aromatic rings. The molecule has 0 saturated heterocycles. The topological polar surface area (TPSA) is 29.5 Å². The molecule has 1 unspecified atom stereocenters. The molecule has 17 heavy (non-hydrogen) atoms. The predicted octanol–water partition coefficient (Wildman–Crippen LogP) is 2.82. The molecule has 1 atom stereocenters. The van der Waals surface area contributed by atoms with Gasteiger partial charge in [0.05, 0.1) is 7.11 Å². The number of rotatable bonds is 4. The summed E-state index contributed by atoms with van der Waals surface area (Å²) < 4.78 is 4.72. The Balaban J connectivity index is 2.39. The molecular weight excluding hydrogens is 282 g/mol. The van der Waals surface area contributed by atoms with Gasteiger partial charge in [-0.3, -0.25) is 4.79 Å². The third-order valence-electron chi connectivity index (χ3n) is 3.84. The van der Waals surface area contributed by atoms with Crippen molar-refractivity contribution >= 4 is 21.9 Å². The first kappa shape index (κ1) is 15.0. The largest absolute Gasteiger partial charge is 0.468 e. The fourth-order valence-electron chi connectivity index (χ4n) is 2.43. The van der Waals surface area contributed by atoms with Crippen LogP contribution in [0.4, 0.5) is 0 Å². The van der Waals surface area contributed by atoms with Gasteiger partial charge in [-0.15, -0.1) is 0 Å². The van der Waals surface area contributed by atoms with Crippen molar-refractivity contribution in [2.75, 3.05) is 20.7 Å². The van der Waals surface area contributed by atoms with Crippen molar-refractivity contribution in [2.24, 2.45) is 5.41 Å². The molecule has 0 radical (unpaired) electrons. The number of methoxy groups -OCH3 is 1. The molecule has 1 aliphatic carbocycles. The molecule has 100 valence electrons. The zero-order valence-corrected chi connectivity index (χ0v) is 12.9. The van der Waals surface area contributed by atoms with Crippen LogP contribution in [0.1, 0.15) is 39.5 Å². The van der Waals surface area contributed by atoms with E-state index in [-0.39, 0.29) is 10.8 Å². The molecule has 0 aromatic heterocycles. The number of hydrogen-bond acceptors (Lipinski definition) is 3. The van der Waals surface area contributed by atoms with Crippen LogP contribution in [0, 0.1) is 5.41 Å². The number of hydrogen-bond donors (Lipinski definition) is 0. The van der Waals surface area contributed by atoms with Crippen LogP contribution in [0.15, 0.2) is 0 Å². The Labute approximate surface area is 113 Å². The fraction of sp³-hybridized carbons (Fsp3) is 0.923. The minimum absolute atomic E-state index is 0.187. The molecule has 0 heterocycles. The number of esters is 1. The Hall–Kier alpha value is -0.0900. The molecular formula is C13H24BrNO2. The van der Waals surface area contributed by atoms with Gasteiger partial charge in [-0.25, -0.2) is 0 Å². The standard InChI is InChI=1S/C13H24BrNO2/c1-13(2)7-5-10(6-8-13)15(3)9-11(14)12(16)17-4/h10-11H,5-9H2,1-4H3. The average molecular weight is 306 g/mol. The lowest BCUT2D eigenvalue weighted by Crippen LogP contribution is -2.41. The van der Waals surface area contributed by atoms with Gasteiger partial charge in [-0.2, -0.15) is 0 Å². The first-order valence-electron chi connectivity index (χ1n) is 6.28. The van der Waals surface area contributed by atoms with Crippen molar-refractivity contribution < 1.29 is 9.53 Å². The molecule has 1 aliphatic rings. The van der Waals surface area contributed by atoms with E-state index in [0.717, 1.165) is 6.54 Å². The summed E-state index contributed by atoms with van der Waals surface area (Å²) in [4.78, 5) is 13.4. The van der Waals surface area contributed by atoms with Gasteiger partial charge >= 0.3 is 5.97 Å². The van der Waals surface area contributed by atoms with Crippen molar-refractivity contribution in [1.29, 1.82) is 0 Å². The molecule has 0 amide bonds. The zero-order chi connectivity index (χ0) is 13.1. The number of ether oxygens (including phenoxy) is 1. The van der Waals surface area contributed by atoms with Crippen LogP contribution in [0.3, 0.4) is 0 Å². The normalized spacial score (nSPS) is 22.5. The van der Waals surface area contributed by atoms with E-state index in [2.05, 4.69) is 41.7 Å². The second-order valence-corrected chi connectivity index (χ2v) is 6.93. The summed E-state index contributed by atoms with van der Waals surface area (Å²) in [6, 6.07) is 0.604. The smallest absolute Gasteiger partial charge is 0.320 e. The monoisotopic (exact) mass is 305 g/mol. The molecule has 0 aromatic carbocycles. The molecule has 3 nitrogen and oxygen atoms in total. The van der Waals surface area contributed by atoms with Crippen LogP contribution >= 0.6 is 15.9 Å². The summed E-state index contributed by atoms with van der Waals surface area (Å²) in [7, 11) is 3.53. The van der Waals surface area contributed by atoms with Crippen LogP contribution in [0.5, 0.6) is 0 Å². The molecule has 0 spiro atoms. The van der Waals surface area contributed by atoms with Crippen LogP contribution in [-0.4, -0.2) is 42.4 Å². The minimum Gasteiger partial charge on any atom is -0.468 e. The SMILES string of the molecule is COC(=O)C(Br)CN(C)C1CCC(C)(C)CC1. The molecule has 0 bridgehead atoms. The number of alkyl halides is 1. The summed E-state index contributed by atoms with van der Waals surface area (Å²) in [6.45, 7) is 5.40. The highest BCUT2D eigenvalue weighted by Crippen LogP contribution is 2.36. The summed E-state index contributed by atoms with van der Waals surface area (Å²) in [6.07, 6.45) is 5.00. The van der Waals surface area contributed by atoms with Crippen molar-refractivity contribution in [1.82, 2.24) is 4.90 Å². The highest BCUT2D eigenvalue weighted by atomic mass is 79.9. The molecule has 1 rings (SSSR count). The van der Waals surface area contributed by atoms with Gasteiger partial charge in [0.1, 0.15) is 4.83 Å². The Morgan fingerprint density at radius 2 is 2.00 bits per heavy atom. The van der Waals surface area contributed by atoms with E-state index < -0.39 is 0 Å².